The summed E-state index contributed by atoms with van der Waals surface area (Å²) in [6, 6.07) is 33.3. The fraction of sp³-hybridized carbons (Fsp3) is 0.107. The topological polar surface area (TPSA) is 35.9 Å². The largest absolute Gasteiger partial charge is 0.457 e. The van der Waals surface area contributed by atoms with E-state index in [-0.39, 0.29) is 33.4 Å². The summed E-state index contributed by atoms with van der Waals surface area (Å²) in [4.78, 5) is 4.84. The highest BCUT2D eigenvalue weighted by Crippen LogP contribution is 2.38. The van der Waals surface area contributed by atoms with E-state index in [1.165, 1.54) is 5.56 Å². The van der Waals surface area contributed by atoms with Gasteiger partial charge in [0.25, 0.3) is 6.33 Å². The lowest BCUT2D eigenvalue weighted by molar-refractivity contribution is -0.571. The number of ether oxygens (including phenoxy) is 1. The average molecular weight is 801 g/mol. The van der Waals surface area contributed by atoms with Gasteiger partial charge in [0.1, 0.15) is 17.3 Å². The quantitative estimate of drug-likeness (QED) is 0.113. The van der Waals surface area contributed by atoms with Crippen molar-refractivity contribution in [2.45, 2.75) is 40.0 Å². The monoisotopic (exact) mass is 800 g/mol. The van der Waals surface area contributed by atoms with E-state index in [9.17, 15) is 0 Å². The lowest BCUT2D eigenvalue weighted by Crippen LogP contribution is -2.31. The van der Waals surface area contributed by atoms with Gasteiger partial charge in [-0.25, -0.2) is 4.98 Å². The smallest absolute Gasteiger partial charge is 0.269 e. The van der Waals surface area contributed by atoms with Crippen molar-refractivity contribution in [3.8, 4) is 45.3 Å². The number of pyridine rings is 1. The van der Waals surface area contributed by atoms with Crippen molar-refractivity contribution in [1.29, 1.82) is 0 Å². The van der Waals surface area contributed by atoms with Gasteiger partial charge in [-0.1, -0.05) is 160 Å². The Morgan fingerprint density at radius 1 is 0.639 bits per heavy atom. The molecule has 0 radical (unpaired) electrons. The number of nitrogens with zero attached hydrogens (tertiary/aromatic N) is 4. The molecule has 10 aromatic rings. The van der Waals surface area contributed by atoms with Crippen molar-refractivity contribution in [3.63, 3.8) is 0 Å². The van der Waals surface area contributed by atoms with Crippen molar-refractivity contribution >= 4 is 38.5 Å². The van der Waals surface area contributed by atoms with E-state index in [1.807, 2.05) is 97.4 Å². The molecule has 0 bridgehead atoms. The molecule has 0 N–H and O–H groups in total. The molecule has 3 aromatic heterocycles. The second-order valence-corrected chi connectivity index (χ2v) is 16.1. The molecule has 7 aromatic carbocycles. The highest BCUT2D eigenvalue weighted by molar-refractivity contribution is 6.09. The fourth-order valence-electron chi connectivity index (χ4n) is 8.10. The number of para-hydroxylation sites is 4. The van der Waals surface area contributed by atoms with E-state index in [4.69, 9.17) is 23.4 Å². The molecular weight excluding hydrogens is 745 g/mol. The molecule has 3 heterocycles. The predicted octanol–water partition coefficient (Wildman–Crippen LogP) is 13.9. The Hall–Kier alpha value is -7.50. The van der Waals surface area contributed by atoms with Gasteiger partial charge in [0.2, 0.25) is 0 Å². The second kappa shape index (κ2) is 15.3. The first-order valence-corrected chi connectivity index (χ1v) is 20.1. The van der Waals surface area contributed by atoms with Gasteiger partial charge < -0.3 is 4.74 Å². The molecule has 0 aliphatic heterocycles. The van der Waals surface area contributed by atoms with Crippen LogP contribution in [0.2, 0.25) is 0 Å². The van der Waals surface area contributed by atoms with Crippen molar-refractivity contribution in [1.82, 2.24) is 14.1 Å². The van der Waals surface area contributed by atoms with Gasteiger partial charge in [0, 0.05) is 23.0 Å². The maximum atomic E-state index is 9.06. The summed E-state index contributed by atoms with van der Waals surface area (Å²) in [6.45, 7) is 10.5. The predicted molar refractivity (Wildman–Crippen MR) is 251 cm³/mol. The number of hydrogen-bond donors (Lipinski definition) is 0. The summed E-state index contributed by atoms with van der Waals surface area (Å²) in [7, 11) is 0. The standard InChI is InChI=1S/C56H46N4O/c1-38(2)54(58-37-59(51-29-15-14-28-50(51)58)55-45(39-18-8-6-9-19-39)25-17-26-46(55)40-20-10-7-11-21-40)41-22-16-23-43(34-41)61-44-30-31-48-47-24-12-13-27-49(47)60(52(48)36-44)53-35-42(32-33-57-53)56(3,4)5/h6-36H,1-5H3/i6D,7D,8D,9D,10D,11D,18D,19D,20D,21D. The summed E-state index contributed by atoms with van der Waals surface area (Å²) >= 11 is 0. The van der Waals surface area contributed by atoms with Crippen molar-refractivity contribution in [3.05, 3.63) is 211 Å². The van der Waals surface area contributed by atoms with Crippen LogP contribution in [0, 0.1) is 6.33 Å². The molecular formula is C56H46N4O. The van der Waals surface area contributed by atoms with Crippen LogP contribution in [0.4, 0.5) is 0 Å². The molecule has 0 fully saturated rings. The lowest BCUT2D eigenvalue weighted by Gasteiger charge is -2.20. The fourth-order valence-corrected chi connectivity index (χ4v) is 8.10. The van der Waals surface area contributed by atoms with Gasteiger partial charge >= 0.3 is 0 Å². The van der Waals surface area contributed by atoms with Crippen molar-refractivity contribution < 1.29 is 23.0 Å². The first-order valence-electron chi connectivity index (χ1n) is 25.1. The molecule has 0 saturated carbocycles. The molecule has 5 nitrogen and oxygen atoms in total. The van der Waals surface area contributed by atoms with Crippen LogP contribution in [0.1, 0.15) is 59.5 Å². The van der Waals surface area contributed by atoms with Crippen LogP contribution in [-0.4, -0.2) is 14.1 Å². The van der Waals surface area contributed by atoms with Crippen LogP contribution in [0.25, 0.3) is 72.3 Å². The van der Waals surface area contributed by atoms with Crippen LogP contribution in [0.3, 0.4) is 0 Å². The molecule has 0 aliphatic carbocycles. The second-order valence-electron chi connectivity index (χ2n) is 16.1. The highest BCUT2D eigenvalue weighted by atomic mass is 16.5. The summed E-state index contributed by atoms with van der Waals surface area (Å²) in [5.41, 5.74) is 6.95. The van der Waals surface area contributed by atoms with Crippen molar-refractivity contribution in [2.75, 3.05) is 0 Å². The number of allylic oxidation sites excluding steroid dienone is 1. The van der Waals surface area contributed by atoms with E-state index < -0.39 is 60.4 Å². The number of rotatable bonds is 8. The maximum absolute atomic E-state index is 9.06. The zero-order chi connectivity index (χ0) is 50.4. The summed E-state index contributed by atoms with van der Waals surface area (Å²) in [5.74, 6) is 1.99. The maximum Gasteiger partial charge on any atom is 0.269 e. The number of fused-ring (bicyclic) bond motifs is 4. The van der Waals surface area contributed by atoms with Gasteiger partial charge in [0.05, 0.1) is 47.2 Å². The Morgan fingerprint density at radius 3 is 1.98 bits per heavy atom. The Morgan fingerprint density at radius 2 is 1.28 bits per heavy atom. The molecule has 296 valence electrons. The van der Waals surface area contributed by atoms with Crippen molar-refractivity contribution in [2.24, 2.45) is 0 Å². The Labute approximate surface area is 371 Å². The number of aromatic nitrogens is 4. The number of imidazole rings is 1. The normalized spacial score (nSPS) is 14.0. The average Bonchev–Trinajstić information content (AvgIpc) is 3.89. The summed E-state index contributed by atoms with van der Waals surface area (Å²) in [5, 5.41) is 2.15. The van der Waals surface area contributed by atoms with Crippen LogP contribution in [0.15, 0.2) is 194 Å². The van der Waals surface area contributed by atoms with Crippen LogP contribution >= 0.6 is 0 Å². The van der Waals surface area contributed by atoms with Gasteiger partial charge in [-0.05, 0) is 95.1 Å². The molecule has 0 saturated heterocycles. The zero-order valence-corrected chi connectivity index (χ0v) is 34.3. The zero-order valence-electron chi connectivity index (χ0n) is 44.3. The minimum atomic E-state index is -0.565. The van der Waals surface area contributed by atoms with E-state index in [0.29, 0.717) is 22.5 Å². The third kappa shape index (κ3) is 6.88. The van der Waals surface area contributed by atoms with Gasteiger partial charge in [-0.15, -0.1) is 0 Å². The highest BCUT2D eigenvalue weighted by Gasteiger charge is 2.22. The minimum absolute atomic E-state index is 0.0828. The van der Waals surface area contributed by atoms with E-state index in [0.717, 1.165) is 44.5 Å². The Balaban J connectivity index is 1.14. The first-order chi connectivity index (χ1) is 33.9. The molecule has 0 unspecified atom stereocenters. The molecule has 5 heteroatoms. The van der Waals surface area contributed by atoms with Crippen LogP contribution in [0.5, 0.6) is 11.5 Å². The van der Waals surface area contributed by atoms with E-state index >= 15 is 0 Å². The van der Waals surface area contributed by atoms with Crippen LogP contribution < -0.4 is 9.30 Å². The van der Waals surface area contributed by atoms with Gasteiger partial charge in [-0.3, -0.25) is 13.7 Å². The minimum Gasteiger partial charge on any atom is -0.457 e. The molecule has 0 aliphatic rings. The Kier molecular flexibility index (Phi) is 7.02. The third-order valence-electron chi connectivity index (χ3n) is 10.9. The Bertz CT molecular complexity index is 3740. The molecule has 0 spiro atoms. The summed E-state index contributed by atoms with van der Waals surface area (Å²) in [6.07, 6.45) is 5.38. The lowest BCUT2D eigenvalue weighted by atomic mass is 9.88. The first kappa shape index (κ1) is 28.1. The summed E-state index contributed by atoms with van der Waals surface area (Å²) < 4.78 is 99.8. The third-order valence-corrected chi connectivity index (χ3v) is 10.9. The van der Waals surface area contributed by atoms with Gasteiger partial charge in [0.15, 0.2) is 0 Å². The molecule has 0 atom stereocenters. The molecule has 0 amide bonds. The van der Waals surface area contributed by atoms with E-state index in [2.05, 4.69) is 62.0 Å². The number of hydrogen-bond acceptors (Lipinski definition) is 2. The number of benzene rings is 7. The van der Waals surface area contributed by atoms with E-state index in [1.54, 1.807) is 22.8 Å². The molecule has 61 heavy (non-hydrogen) atoms. The SMILES string of the molecule is [2H]c1c([2H])c([2H])c(-c2cccc(-c3c([2H])c([2H])c([2H])c([2H])c3[2H])c2-[n+]2[c-]n(C(=C(C)C)c3cccc(Oc4ccc5c6ccccc6n(-c6cc(C(C)(C)C)ccn6)c5c4)c3)c3ccccc32)c([2H])c1[2H]. The molecule has 10 rings (SSSR count). The van der Waals surface area contributed by atoms with Gasteiger partial charge in [-0.2, -0.15) is 0 Å². The van der Waals surface area contributed by atoms with Crippen LogP contribution in [-0.2, 0) is 5.41 Å².